The van der Waals surface area contributed by atoms with Crippen LogP contribution in [0.25, 0.3) is 27.9 Å². The lowest BCUT2D eigenvalue weighted by Crippen LogP contribution is -2.07. The monoisotopic (exact) mass is 394 g/mol. The van der Waals surface area contributed by atoms with Gasteiger partial charge >= 0.3 is 5.97 Å². The Labute approximate surface area is 164 Å². The predicted octanol–water partition coefficient (Wildman–Crippen LogP) is 4.61. The van der Waals surface area contributed by atoms with Gasteiger partial charge in [-0.3, -0.25) is 0 Å². The molecule has 1 fully saturated rings. The molecule has 0 unspecified atom stereocenters. The van der Waals surface area contributed by atoms with Gasteiger partial charge in [-0.25, -0.2) is 9.48 Å². The molecule has 0 bridgehead atoms. The first-order valence-electron chi connectivity index (χ1n) is 8.88. The van der Waals surface area contributed by atoms with Gasteiger partial charge in [-0.2, -0.15) is 0 Å². The molecule has 1 aliphatic carbocycles. The van der Waals surface area contributed by atoms with Crippen LogP contribution in [0.1, 0.15) is 40.5 Å². The molecular formula is C20H15ClN4O3. The molecule has 8 heteroatoms. The molecule has 0 spiro atoms. The molecule has 2 aromatic heterocycles. The topological polar surface area (TPSA) is 94.0 Å². The summed E-state index contributed by atoms with van der Waals surface area (Å²) in [4.78, 5) is 11.6. The molecule has 4 aromatic rings. The van der Waals surface area contributed by atoms with E-state index in [9.17, 15) is 9.90 Å². The Bertz CT molecular complexity index is 1220. The number of nitrogens with zero attached hydrogens (tertiary/aromatic N) is 4. The van der Waals surface area contributed by atoms with Gasteiger partial charge in [0.1, 0.15) is 5.52 Å². The lowest BCUT2D eigenvalue weighted by atomic mass is 10.1. The second-order valence-corrected chi connectivity index (χ2v) is 7.43. The van der Waals surface area contributed by atoms with E-state index in [1.165, 1.54) is 0 Å². The highest BCUT2D eigenvalue weighted by molar-refractivity contribution is 6.30. The SMILES string of the molecule is Cc1cc2noc(-c3ccc(Cl)cc3)c2cc1-n1nnc(C(=O)O)c1C1CC1. The summed E-state index contributed by atoms with van der Waals surface area (Å²) in [6, 6.07) is 11.2. The maximum absolute atomic E-state index is 11.6. The lowest BCUT2D eigenvalue weighted by molar-refractivity contribution is 0.0689. The molecule has 5 rings (SSSR count). The van der Waals surface area contributed by atoms with E-state index in [-0.39, 0.29) is 11.6 Å². The van der Waals surface area contributed by atoms with Crippen molar-refractivity contribution in [3.05, 3.63) is 58.4 Å². The highest BCUT2D eigenvalue weighted by Gasteiger charge is 2.34. The number of aromatic carboxylic acids is 1. The van der Waals surface area contributed by atoms with Gasteiger partial charge in [-0.15, -0.1) is 5.10 Å². The number of benzene rings is 2. The minimum absolute atomic E-state index is 0.0187. The Kier molecular flexibility index (Phi) is 3.73. The molecule has 28 heavy (non-hydrogen) atoms. The molecule has 1 aliphatic rings. The summed E-state index contributed by atoms with van der Waals surface area (Å²) in [5.74, 6) is -0.257. The number of hydrogen-bond acceptors (Lipinski definition) is 5. The van der Waals surface area contributed by atoms with Crippen molar-refractivity contribution < 1.29 is 14.4 Å². The van der Waals surface area contributed by atoms with E-state index in [2.05, 4.69) is 15.5 Å². The van der Waals surface area contributed by atoms with Crippen LogP contribution in [0.2, 0.25) is 5.02 Å². The van der Waals surface area contributed by atoms with Crippen molar-refractivity contribution in [1.29, 1.82) is 0 Å². The average Bonchev–Trinajstić information content (AvgIpc) is 3.28. The molecule has 7 nitrogen and oxygen atoms in total. The van der Waals surface area contributed by atoms with Gasteiger partial charge in [0.2, 0.25) is 0 Å². The number of aromatic nitrogens is 4. The first kappa shape index (κ1) is 16.9. The maximum Gasteiger partial charge on any atom is 0.358 e. The third-order valence-corrected chi connectivity index (χ3v) is 5.25. The number of carboxylic acid groups (broad SMARTS) is 1. The highest BCUT2D eigenvalue weighted by Crippen LogP contribution is 2.42. The van der Waals surface area contributed by atoms with Crippen LogP contribution in [0.4, 0.5) is 0 Å². The smallest absolute Gasteiger partial charge is 0.358 e. The molecule has 1 saturated carbocycles. The summed E-state index contributed by atoms with van der Waals surface area (Å²) in [6.07, 6.45) is 1.89. The Balaban J connectivity index is 1.71. The molecule has 2 aromatic carbocycles. The third-order valence-electron chi connectivity index (χ3n) is 5.00. The normalized spacial score (nSPS) is 13.9. The third kappa shape index (κ3) is 2.66. The number of aryl methyl sites for hydroxylation is 1. The van der Waals surface area contributed by atoms with E-state index in [4.69, 9.17) is 16.1 Å². The summed E-state index contributed by atoms with van der Waals surface area (Å²) >= 11 is 5.99. The first-order valence-corrected chi connectivity index (χ1v) is 9.26. The maximum atomic E-state index is 11.6. The van der Waals surface area contributed by atoms with Gasteiger partial charge in [0.05, 0.1) is 16.8 Å². The quantitative estimate of drug-likeness (QED) is 0.543. The van der Waals surface area contributed by atoms with Gasteiger partial charge in [0.25, 0.3) is 0 Å². The van der Waals surface area contributed by atoms with Crippen molar-refractivity contribution in [3.63, 3.8) is 0 Å². The average molecular weight is 395 g/mol. The minimum Gasteiger partial charge on any atom is -0.476 e. The molecule has 0 atom stereocenters. The van der Waals surface area contributed by atoms with E-state index in [1.807, 2.05) is 31.2 Å². The molecule has 1 N–H and O–H groups in total. The molecule has 0 radical (unpaired) electrons. The Morgan fingerprint density at radius 3 is 2.68 bits per heavy atom. The van der Waals surface area contributed by atoms with Crippen LogP contribution >= 0.6 is 11.6 Å². The van der Waals surface area contributed by atoms with Gasteiger partial charge in [0, 0.05) is 16.5 Å². The van der Waals surface area contributed by atoms with Crippen molar-refractivity contribution >= 4 is 28.5 Å². The van der Waals surface area contributed by atoms with Gasteiger partial charge in [-0.05, 0) is 61.7 Å². The molecule has 0 amide bonds. The first-order chi connectivity index (χ1) is 13.5. The fourth-order valence-electron chi connectivity index (χ4n) is 3.46. The molecule has 0 saturated heterocycles. The predicted molar refractivity (Wildman–Crippen MR) is 103 cm³/mol. The van der Waals surface area contributed by atoms with Crippen LogP contribution in [0, 0.1) is 6.92 Å². The zero-order valence-electron chi connectivity index (χ0n) is 14.9. The molecule has 2 heterocycles. The molecule has 140 valence electrons. The second-order valence-electron chi connectivity index (χ2n) is 6.99. The van der Waals surface area contributed by atoms with Crippen LogP contribution in [0.5, 0.6) is 0 Å². The number of halogens is 1. The summed E-state index contributed by atoms with van der Waals surface area (Å²) in [5.41, 5.74) is 3.93. The van der Waals surface area contributed by atoms with Crippen molar-refractivity contribution in [2.45, 2.75) is 25.7 Å². The number of rotatable bonds is 4. The number of carboxylic acids is 1. The Morgan fingerprint density at radius 1 is 1.25 bits per heavy atom. The van der Waals surface area contributed by atoms with Crippen LogP contribution in [0.3, 0.4) is 0 Å². The van der Waals surface area contributed by atoms with Crippen LogP contribution in [-0.4, -0.2) is 31.2 Å². The van der Waals surface area contributed by atoms with Gasteiger partial charge < -0.3 is 9.63 Å². The van der Waals surface area contributed by atoms with E-state index in [0.29, 0.717) is 16.5 Å². The molecule has 0 aliphatic heterocycles. The summed E-state index contributed by atoms with van der Waals surface area (Å²) in [6.45, 7) is 1.93. The van der Waals surface area contributed by atoms with Gasteiger partial charge in [-0.1, -0.05) is 22.0 Å². The van der Waals surface area contributed by atoms with Crippen LogP contribution in [0.15, 0.2) is 40.9 Å². The van der Waals surface area contributed by atoms with E-state index >= 15 is 0 Å². The second kappa shape index (κ2) is 6.17. The largest absolute Gasteiger partial charge is 0.476 e. The number of hydrogen-bond donors (Lipinski definition) is 1. The van der Waals surface area contributed by atoms with Crippen LogP contribution < -0.4 is 0 Å². The van der Waals surface area contributed by atoms with Crippen molar-refractivity contribution in [2.75, 3.05) is 0 Å². The fourth-order valence-corrected chi connectivity index (χ4v) is 3.59. The zero-order chi connectivity index (χ0) is 19.4. The zero-order valence-corrected chi connectivity index (χ0v) is 15.6. The highest BCUT2D eigenvalue weighted by atomic mass is 35.5. The van der Waals surface area contributed by atoms with Crippen molar-refractivity contribution in [3.8, 4) is 17.0 Å². The Hall–Kier alpha value is -3.19. The van der Waals surface area contributed by atoms with E-state index in [0.717, 1.165) is 40.6 Å². The minimum atomic E-state index is -1.06. The Morgan fingerprint density at radius 2 is 2.00 bits per heavy atom. The van der Waals surface area contributed by atoms with Crippen molar-refractivity contribution in [2.24, 2.45) is 0 Å². The molecular weight excluding hydrogens is 380 g/mol. The lowest BCUT2D eigenvalue weighted by Gasteiger charge is -2.09. The number of fused-ring (bicyclic) bond motifs is 1. The van der Waals surface area contributed by atoms with Crippen molar-refractivity contribution in [1.82, 2.24) is 20.2 Å². The fraction of sp³-hybridized carbons (Fsp3) is 0.200. The summed E-state index contributed by atoms with van der Waals surface area (Å²) in [7, 11) is 0. The van der Waals surface area contributed by atoms with Crippen LogP contribution in [-0.2, 0) is 0 Å². The van der Waals surface area contributed by atoms with E-state index in [1.54, 1.807) is 16.8 Å². The van der Waals surface area contributed by atoms with E-state index < -0.39 is 5.97 Å². The summed E-state index contributed by atoms with van der Waals surface area (Å²) < 4.78 is 7.24. The van der Waals surface area contributed by atoms with Gasteiger partial charge in [0.15, 0.2) is 11.5 Å². The standard InChI is InChI=1S/C20H15ClN4O3/c1-10-8-15-14(19(28-23-15)12-4-6-13(21)7-5-12)9-16(10)25-18(11-2-3-11)17(20(26)27)22-24-25/h4-9,11H,2-3H2,1H3,(H,26,27). The summed E-state index contributed by atoms with van der Waals surface area (Å²) in [5, 5.41) is 23.2. The number of carbonyl (C=O) groups is 1.